The van der Waals surface area contributed by atoms with Gasteiger partial charge in [-0.3, -0.25) is 10.4 Å². The van der Waals surface area contributed by atoms with Crippen LogP contribution in [0.4, 0.5) is 11.6 Å². The fraction of sp³-hybridized carbons (Fsp3) is 0.360. The number of ether oxygens (including phenoxy) is 1. The summed E-state index contributed by atoms with van der Waals surface area (Å²) in [4.78, 5) is 15.7. The minimum absolute atomic E-state index is 0.351. The predicted molar refractivity (Wildman–Crippen MR) is 131 cm³/mol. The smallest absolute Gasteiger partial charge is 0.320 e. The molecule has 168 valence electrons. The highest BCUT2D eigenvalue weighted by molar-refractivity contribution is 5.80. The molecule has 0 saturated carbocycles. The number of pyridine rings is 1. The molecular formula is C25H32N6O. The molecule has 0 bridgehead atoms. The van der Waals surface area contributed by atoms with E-state index in [1.165, 1.54) is 18.4 Å². The van der Waals surface area contributed by atoms with Gasteiger partial charge in [0.05, 0.1) is 12.8 Å². The molecule has 2 aromatic heterocycles. The highest BCUT2D eigenvalue weighted by Crippen LogP contribution is 2.23. The molecule has 3 aromatic rings. The van der Waals surface area contributed by atoms with E-state index in [1.54, 1.807) is 12.4 Å². The summed E-state index contributed by atoms with van der Waals surface area (Å²) in [6.45, 7) is 8.52. The van der Waals surface area contributed by atoms with Gasteiger partial charge < -0.3 is 9.64 Å². The largest absolute Gasteiger partial charge is 0.463 e. The van der Waals surface area contributed by atoms with Crippen LogP contribution in [0.25, 0.3) is 0 Å². The monoisotopic (exact) mass is 432 g/mol. The van der Waals surface area contributed by atoms with Crippen LogP contribution < -0.4 is 15.1 Å². The van der Waals surface area contributed by atoms with Gasteiger partial charge in [0, 0.05) is 37.5 Å². The van der Waals surface area contributed by atoms with E-state index in [4.69, 9.17) is 4.74 Å². The third-order valence-corrected chi connectivity index (χ3v) is 4.87. The molecule has 7 nitrogen and oxygen atoms in total. The first-order valence-electron chi connectivity index (χ1n) is 11.3. The Balaban J connectivity index is 0.00000141. The second-order valence-electron chi connectivity index (χ2n) is 7.29. The number of benzene rings is 1. The van der Waals surface area contributed by atoms with Crippen LogP contribution in [-0.4, -0.2) is 40.9 Å². The molecule has 1 aliphatic heterocycles. The summed E-state index contributed by atoms with van der Waals surface area (Å²) in [7, 11) is 0. The minimum atomic E-state index is 0.351. The molecule has 0 radical (unpaired) electrons. The molecule has 0 unspecified atom stereocenters. The average molecular weight is 433 g/mol. The minimum Gasteiger partial charge on any atom is -0.463 e. The second-order valence-corrected chi connectivity index (χ2v) is 7.29. The first kappa shape index (κ1) is 23.2. The topological polar surface area (TPSA) is 75.5 Å². The molecule has 1 fully saturated rings. The number of nitrogens with one attached hydrogen (secondary N) is 1. The van der Waals surface area contributed by atoms with Gasteiger partial charge in [0.15, 0.2) is 5.82 Å². The molecule has 0 amide bonds. The number of aromatic nitrogens is 3. The van der Waals surface area contributed by atoms with Crippen molar-refractivity contribution >= 4 is 17.9 Å². The molecule has 4 rings (SSSR count). The molecule has 7 heteroatoms. The summed E-state index contributed by atoms with van der Waals surface area (Å²) in [5, 5.41) is 4.34. The van der Waals surface area contributed by atoms with Crippen molar-refractivity contribution in [1.82, 2.24) is 15.0 Å². The van der Waals surface area contributed by atoms with Gasteiger partial charge >= 0.3 is 6.01 Å². The standard InChI is InChI=1S/C23H26N6O.C2H6/c1-18-7-6-8-19(15-18)17-25-28-21-16-22(29-12-4-5-13-29)27-23(26-21)30-14-10-20-9-2-3-11-24-20;1-2/h2-3,6-9,11,15-17H,4-5,10,12-14H2,1H3,(H,26,27,28);1-2H3/b25-17+;. The molecule has 1 aromatic carbocycles. The highest BCUT2D eigenvalue weighted by atomic mass is 16.5. The first-order valence-corrected chi connectivity index (χ1v) is 11.3. The van der Waals surface area contributed by atoms with Gasteiger partial charge in [0.25, 0.3) is 0 Å². The van der Waals surface area contributed by atoms with E-state index in [-0.39, 0.29) is 0 Å². The van der Waals surface area contributed by atoms with Crippen molar-refractivity contribution in [2.24, 2.45) is 5.10 Å². The van der Waals surface area contributed by atoms with E-state index in [9.17, 15) is 0 Å². The van der Waals surface area contributed by atoms with Crippen LogP contribution in [-0.2, 0) is 6.42 Å². The van der Waals surface area contributed by atoms with E-state index in [0.29, 0.717) is 24.9 Å². The van der Waals surface area contributed by atoms with Gasteiger partial charge in [-0.2, -0.15) is 15.1 Å². The zero-order chi connectivity index (χ0) is 22.6. The van der Waals surface area contributed by atoms with Crippen LogP contribution in [0.15, 0.2) is 59.8 Å². The van der Waals surface area contributed by atoms with Crippen molar-refractivity contribution in [3.63, 3.8) is 0 Å². The number of hydrazone groups is 1. The number of hydrogen-bond donors (Lipinski definition) is 1. The van der Waals surface area contributed by atoms with Crippen molar-refractivity contribution in [1.29, 1.82) is 0 Å². The van der Waals surface area contributed by atoms with Crippen molar-refractivity contribution < 1.29 is 4.74 Å². The van der Waals surface area contributed by atoms with Gasteiger partial charge in [-0.15, -0.1) is 0 Å². The number of nitrogens with zero attached hydrogens (tertiary/aromatic N) is 5. The van der Waals surface area contributed by atoms with Crippen molar-refractivity contribution in [2.75, 3.05) is 30.0 Å². The van der Waals surface area contributed by atoms with Gasteiger partial charge in [-0.05, 0) is 37.5 Å². The fourth-order valence-corrected chi connectivity index (χ4v) is 3.36. The Morgan fingerprint density at radius 2 is 1.91 bits per heavy atom. The van der Waals surface area contributed by atoms with Crippen LogP contribution >= 0.6 is 0 Å². The summed E-state index contributed by atoms with van der Waals surface area (Å²) in [6.07, 6.45) is 6.62. The van der Waals surface area contributed by atoms with Gasteiger partial charge in [-0.25, -0.2) is 0 Å². The van der Waals surface area contributed by atoms with Gasteiger partial charge in [-0.1, -0.05) is 49.7 Å². The summed E-state index contributed by atoms with van der Waals surface area (Å²) in [5.74, 6) is 1.48. The Morgan fingerprint density at radius 1 is 1.06 bits per heavy atom. The molecular weight excluding hydrogens is 400 g/mol. The lowest BCUT2D eigenvalue weighted by Crippen LogP contribution is -2.20. The lowest BCUT2D eigenvalue weighted by Gasteiger charge is -2.17. The summed E-state index contributed by atoms with van der Waals surface area (Å²) >= 11 is 0. The highest BCUT2D eigenvalue weighted by Gasteiger charge is 2.16. The predicted octanol–water partition coefficient (Wildman–Crippen LogP) is 4.87. The Morgan fingerprint density at radius 3 is 2.66 bits per heavy atom. The van der Waals surface area contributed by atoms with Crippen LogP contribution in [0.3, 0.4) is 0 Å². The molecule has 3 heterocycles. The van der Waals surface area contributed by atoms with Crippen molar-refractivity contribution in [2.45, 2.75) is 40.0 Å². The maximum atomic E-state index is 5.85. The number of rotatable bonds is 8. The molecule has 32 heavy (non-hydrogen) atoms. The summed E-state index contributed by atoms with van der Waals surface area (Å²) < 4.78 is 5.85. The molecule has 1 N–H and O–H groups in total. The van der Waals surface area contributed by atoms with E-state index in [1.807, 2.05) is 50.2 Å². The number of anilines is 2. The molecule has 0 atom stereocenters. The van der Waals surface area contributed by atoms with Crippen LogP contribution in [0.2, 0.25) is 0 Å². The Hall–Kier alpha value is -3.48. The van der Waals surface area contributed by atoms with Crippen molar-refractivity contribution in [3.8, 4) is 6.01 Å². The van der Waals surface area contributed by atoms with Crippen LogP contribution in [0, 0.1) is 6.92 Å². The zero-order valence-corrected chi connectivity index (χ0v) is 19.2. The van der Waals surface area contributed by atoms with Gasteiger partial charge in [0.2, 0.25) is 0 Å². The maximum Gasteiger partial charge on any atom is 0.320 e. The molecule has 0 aliphatic carbocycles. The number of aryl methyl sites for hydroxylation is 1. The quantitative estimate of drug-likeness (QED) is 0.404. The van der Waals surface area contributed by atoms with E-state index >= 15 is 0 Å². The molecule has 0 spiro atoms. The maximum absolute atomic E-state index is 5.85. The lowest BCUT2D eigenvalue weighted by atomic mass is 10.2. The zero-order valence-electron chi connectivity index (χ0n) is 19.2. The van der Waals surface area contributed by atoms with E-state index < -0.39 is 0 Å². The first-order chi connectivity index (χ1) is 15.8. The third kappa shape index (κ3) is 7.04. The third-order valence-electron chi connectivity index (χ3n) is 4.87. The van der Waals surface area contributed by atoms with E-state index in [2.05, 4.69) is 49.4 Å². The average Bonchev–Trinajstić information content (AvgIpc) is 3.36. The summed E-state index contributed by atoms with van der Waals surface area (Å²) in [5.41, 5.74) is 6.23. The van der Waals surface area contributed by atoms with E-state index in [0.717, 1.165) is 30.2 Å². The molecule has 1 saturated heterocycles. The Labute approximate surface area is 190 Å². The lowest BCUT2D eigenvalue weighted by molar-refractivity contribution is 0.295. The normalized spacial score (nSPS) is 13.0. The summed E-state index contributed by atoms with van der Waals surface area (Å²) in [6, 6.07) is 16.3. The Kier molecular flexibility index (Phi) is 8.98. The fourth-order valence-electron chi connectivity index (χ4n) is 3.36. The number of hydrogen-bond acceptors (Lipinski definition) is 7. The van der Waals surface area contributed by atoms with Crippen molar-refractivity contribution in [3.05, 3.63) is 71.5 Å². The second kappa shape index (κ2) is 12.4. The molecule has 1 aliphatic rings. The SMILES string of the molecule is CC.Cc1cccc(/C=N/Nc2cc(N3CCCC3)nc(OCCc3ccccn3)n2)c1. The van der Waals surface area contributed by atoms with Crippen LogP contribution in [0.5, 0.6) is 6.01 Å². The van der Waals surface area contributed by atoms with Gasteiger partial charge in [0.1, 0.15) is 5.82 Å². The Bertz CT molecular complexity index is 987. The van der Waals surface area contributed by atoms with Crippen LogP contribution in [0.1, 0.15) is 43.5 Å².